The van der Waals surface area contributed by atoms with Gasteiger partial charge in [0.25, 0.3) is 0 Å². The van der Waals surface area contributed by atoms with E-state index in [1.54, 1.807) is 0 Å². The molecule has 1 saturated heterocycles. The zero-order valence-corrected chi connectivity index (χ0v) is 14.7. The summed E-state index contributed by atoms with van der Waals surface area (Å²) in [7, 11) is 0. The Morgan fingerprint density at radius 1 is 1.21 bits per heavy atom. The highest BCUT2D eigenvalue weighted by atomic mass is 16.6. The lowest BCUT2D eigenvalue weighted by molar-refractivity contribution is 0.0122. The molecule has 1 atom stereocenters. The molecule has 0 spiro atoms. The highest BCUT2D eigenvalue weighted by molar-refractivity contribution is 5.85. The third-order valence-electron chi connectivity index (χ3n) is 4.31. The Labute approximate surface area is 143 Å². The minimum atomic E-state index is -0.466. The lowest BCUT2D eigenvalue weighted by Gasteiger charge is -2.37. The molecule has 4 nitrogen and oxygen atoms in total. The monoisotopic (exact) mass is 326 g/mol. The quantitative estimate of drug-likeness (QED) is 0.917. The van der Waals surface area contributed by atoms with E-state index in [4.69, 9.17) is 4.74 Å². The second-order valence-corrected chi connectivity index (χ2v) is 7.37. The number of fused-ring (bicyclic) bond motifs is 1. The van der Waals surface area contributed by atoms with Gasteiger partial charge in [0.1, 0.15) is 5.60 Å². The van der Waals surface area contributed by atoms with E-state index in [1.807, 2.05) is 25.7 Å². The number of amides is 1. The smallest absolute Gasteiger partial charge is 0.410 e. The number of piperazine rings is 1. The summed E-state index contributed by atoms with van der Waals surface area (Å²) in [6.45, 7) is 8.02. The number of rotatable bonds is 2. The first-order valence-corrected chi connectivity index (χ1v) is 8.61. The van der Waals surface area contributed by atoms with Crippen LogP contribution in [0.5, 0.6) is 0 Å². The lowest BCUT2D eigenvalue weighted by Crippen LogP contribution is -2.55. The second kappa shape index (κ2) is 6.81. The van der Waals surface area contributed by atoms with Crippen molar-refractivity contribution >= 4 is 16.9 Å². The van der Waals surface area contributed by atoms with Crippen LogP contribution in [0.25, 0.3) is 10.8 Å². The van der Waals surface area contributed by atoms with Crippen molar-refractivity contribution in [2.24, 2.45) is 0 Å². The van der Waals surface area contributed by atoms with E-state index in [2.05, 4.69) is 47.8 Å². The molecule has 24 heavy (non-hydrogen) atoms. The van der Waals surface area contributed by atoms with Crippen molar-refractivity contribution in [3.05, 3.63) is 48.0 Å². The molecule has 1 aliphatic rings. The molecule has 0 saturated carbocycles. The molecule has 0 bridgehead atoms. The number of benzene rings is 2. The maximum Gasteiger partial charge on any atom is 0.410 e. The Hall–Kier alpha value is -2.07. The maximum atomic E-state index is 12.6. The van der Waals surface area contributed by atoms with Gasteiger partial charge >= 0.3 is 6.09 Å². The molecule has 2 aromatic carbocycles. The van der Waals surface area contributed by atoms with Gasteiger partial charge in [-0.1, -0.05) is 42.5 Å². The first-order valence-electron chi connectivity index (χ1n) is 8.61. The highest BCUT2D eigenvalue weighted by Crippen LogP contribution is 2.22. The normalized spacial score (nSPS) is 18.6. The lowest BCUT2D eigenvalue weighted by atomic mass is 9.97. The summed E-state index contributed by atoms with van der Waals surface area (Å²) in [6.07, 6.45) is 0.613. The first kappa shape index (κ1) is 16.8. The summed E-state index contributed by atoms with van der Waals surface area (Å²) in [5.74, 6) is 0. The van der Waals surface area contributed by atoms with Gasteiger partial charge in [-0.05, 0) is 43.5 Å². The van der Waals surface area contributed by atoms with Crippen molar-refractivity contribution in [3.8, 4) is 0 Å². The number of nitrogens with zero attached hydrogens (tertiary/aromatic N) is 1. The molecule has 1 N–H and O–H groups in total. The Bertz CT molecular complexity index is 716. The highest BCUT2D eigenvalue weighted by Gasteiger charge is 2.30. The van der Waals surface area contributed by atoms with Gasteiger partial charge in [0.05, 0.1) is 6.04 Å². The summed E-state index contributed by atoms with van der Waals surface area (Å²) >= 11 is 0. The first-order chi connectivity index (χ1) is 11.4. The van der Waals surface area contributed by atoms with Crippen LogP contribution < -0.4 is 5.32 Å². The van der Waals surface area contributed by atoms with Crippen molar-refractivity contribution in [3.63, 3.8) is 0 Å². The van der Waals surface area contributed by atoms with Crippen LogP contribution >= 0.6 is 0 Å². The molecule has 1 amide bonds. The van der Waals surface area contributed by atoms with Crippen LogP contribution in [0.3, 0.4) is 0 Å². The fourth-order valence-corrected chi connectivity index (χ4v) is 3.23. The average Bonchev–Trinajstić information content (AvgIpc) is 2.54. The number of ether oxygens (including phenoxy) is 1. The van der Waals surface area contributed by atoms with Crippen LogP contribution in [-0.2, 0) is 11.2 Å². The minimum Gasteiger partial charge on any atom is -0.444 e. The SMILES string of the molecule is CC(C)(C)OC(=O)N1CCNC[C@H]1Cc1cccc2ccccc12. The van der Waals surface area contributed by atoms with Gasteiger partial charge in [-0.15, -0.1) is 0 Å². The van der Waals surface area contributed by atoms with Crippen molar-refractivity contribution in [2.45, 2.75) is 38.8 Å². The van der Waals surface area contributed by atoms with Crippen LogP contribution in [-0.4, -0.2) is 42.3 Å². The number of hydrogen-bond acceptors (Lipinski definition) is 3. The largest absolute Gasteiger partial charge is 0.444 e. The van der Waals surface area contributed by atoms with Crippen molar-refractivity contribution in [1.82, 2.24) is 10.2 Å². The van der Waals surface area contributed by atoms with Crippen molar-refractivity contribution in [1.29, 1.82) is 0 Å². The van der Waals surface area contributed by atoms with E-state index in [9.17, 15) is 4.79 Å². The van der Waals surface area contributed by atoms with Gasteiger partial charge in [0.2, 0.25) is 0 Å². The van der Waals surface area contributed by atoms with E-state index < -0.39 is 5.60 Å². The molecular formula is C20H26N2O2. The van der Waals surface area contributed by atoms with Crippen molar-refractivity contribution in [2.75, 3.05) is 19.6 Å². The topological polar surface area (TPSA) is 41.6 Å². The Morgan fingerprint density at radius 2 is 1.96 bits per heavy atom. The zero-order valence-electron chi connectivity index (χ0n) is 14.7. The fraction of sp³-hybridized carbons (Fsp3) is 0.450. The standard InChI is InChI=1S/C20H26N2O2/c1-20(2,3)24-19(23)22-12-11-21-14-17(22)13-16-9-6-8-15-7-4-5-10-18(15)16/h4-10,17,21H,11-14H2,1-3H3/t17-/m1/s1. The van der Waals surface area contributed by atoms with E-state index in [-0.39, 0.29) is 12.1 Å². The number of carbonyl (C=O) groups is 1. The second-order valence-electron chi connectivity index (χ2n) is 7.37. The maximum absolute atomic E-state index is 12.6. The Kier molecular flexibility index (Phi) is 4.76. The summed E-state index contributed by atoms with van der Waals surface area (Å²) in [4.78, 5) is 14.4. The van der Waals surface area contributed by atoms with Crippen LogP contribution in [0.4, 0.5) is 4.79 Å². The molecule has 1 fully saturated rings. The Balaban J connectivity index is 1.82. The molecule has 1 heterocycles. The third kappa shape index (κ3) is 3.88. The van der Waals surface area contributed by atoms with Gasteiger partial charge < -0.3 is 15.0 Å². The summed E-state index contributed by atoms with van der Waals surface area (Å²) < 4.78 is 5.59. The fourth-order valence-electron chi connectivity index (χ4n) is 3.23. The molecule has 2 aromatic rings. The molecule has 4 heteroatoms. The van der Waals surface area contributed by atoms with Gasteiger partial charge in [-0.2, -0.15) is 0 Å². The van der Waals surface area contributed by atoms with Crippen LogP contribution in [0.15, 0.2) is 42.5 Å². The van der Waals surface area contributed by atoms with Gasteiger partial charge in [0.15, 0.2) is 0 Å². The molecule has 1 aliphatic heterocycles. The minimum absolute atomic E-state index is 0.111. The molecular weight excluding hydrogens is 300 g/mol. The van der Waals surface area contributed by atoms with Gasteiger partial charge in [-0.3, -0.25) is 0 Å². The molecule has 0 radical (unpaired) electrons. The number of carbonyl (C=O) groups excluding carboxylic acids is 1. The number of hydrogen-bond donors (Lipinski definition) is 1. The summed E-state index contributed by atoms with van der Waals surface area (Å²) in [6, 6.07) is 14.9. The van der Waals surface area contributed by atoms with E-state index >= 15 is 0 Å². The van der Waals surface area contributed by atoms with E-state index in [0.717, 1.165) is 19.5 Å². The predicted octanol–water partition coefficient (Wildman–Crippen LogP) is 3.59. The van der Waals surface area contributed by atoms with Gasteiger partial charge in [-0.25, -0.2) is 4.79 Å². The van der Waals surface area contributed by atoms with Crippen molar-refractivity contribution < 1.29 is 9.53 Å². The molecule has 0 unspecified atom stereocenters. The molecule has 0 aliphatic carbocycles. The molecule has 128 valence electrons. The summed E-state index contributed by atoms with van der Waals surface area (Å²) in [5.41, 5.74) is 0.807. The zero-order chi connectivity index (χ0) is 17.2. The van der Waals surface area contributed by atoms with Gasteiger partial charge in [0, 0.05) is 19.6 Å². The Morgan fingerprint density at radius 3 is 2.75 bits per heavy atom. The molecule has 3 rings (SSSR count). The summed E-state index contributed by atoms with van der Waals surface area (Å²) in [5, 5.41) is 5.90. The molecule has 0 aromatic heterocycles. The van der Waals surface area contributed by atoms with E-state index in [1.165, 1.54) is 16.3 Å². The average molecular weight is 326 g/mol. The third-order valence-corrected chi connectivity index (χ3v) is 4.31. The van der Waals surface area contributed by atoms with Crippen LogP contribution in [0, 0.1) is 0 Å². The predicted molar refractivity (Wildman–Crippen MR) is 97.2 cm³/mol. The van der Waals surface area contributed by atoms with Crippen LogP contribution in [0.2, 0.25) is 0 Å². The number of nitrogens with one attached hydrogen (secondary N) is 1. The van der Waals surface area contributed by atoms with Crippen LogP contribution in [0.1, 0.15) is 26.3 Å². The van der Waals surface area contributed by atoms with E-state index in [0.29, 0.717) is 6.54 Å².